The molecule has 0 aromatic heterocycles. The lowest BCUT2D eigenvalue weighted by Gasteiger charge is -2.20. The Morgan fingerprint density at radius 3 is 2.50 bits per heavy atom. The first-order valence-electron chi connectivity index (χ1n) is 7.28. The summed E-state index contributed by atoms with van der Waals surface area (Å²) in [4.78, 5) is 0. The Bertz CT molecular complexity index is 575. The van der Waals surface area contributed by atoms with Crippen LogP contribution in [0.4, 0.5) is 4.39 Å². The van der Waals surface area contributed by atoms with Gasteiger partial charge in [0.1, 0.15) is 5.82 Å². The van der Waals surface area contributed by atoms with Gasteiger partial charge in [0.05, 0.1) is 6.04 Å². The molecule has 1 atom stereocenters. The highest BCUT2D eigenvalue weighted by atomic mass is 19.1. The molecule has 2 aromatic rings. The van der Waals surface area contributed by atoms with Gasteiger partial charge in [-0.1, -0.05) is 42.5 Å². The lowest BCUT2D eigenvalue weighted by atomic mass is 9.97. The highest BCUT2D eigenvalue weighted by molar-refractivity contribution is 5.34. The fourth-order valence-corrected chi connectivity index (χ4v) is 2.53. The summed E-state index contributed by atoms with van der Waals surface area (Å²) in [5, 5.41) is 3.64. The van der Waals surface area contributed by atoms with Crippen LogP contribution in [-0.4, -0.2) is 6.54 Å². The molecule has 20 heavy (non-hydrogen) atoms. The zero-order valence-corrected chi connectivity index (χ0v) is 11.8. The first-order chi connectivity index (χ1) is 9.74. The normalized spacial score (nSPS) is 16.1. The predicted octanol–water partition coefficient (Wildman–Crippen LogP) is 4.22. The Labute approximate surface area is 119 Å². The van der Waals surface area contributed by atoms with Crippen LogP contribution in [0.5, 0.6) is 0 Å². The number of aryl methyl sites for hydroxylation is 1. The lowest BCUT2D eigenvalue weighted by Crippen LogP contribution is -2.24. The zero-order chi connectivity index (χ0) is 13.9. The van der Waals surface area contributed by atoms with Crippen molar-refractivity contribution in [2.75, 3.05) is 6.54 Å². The fraction of sp³-hybridized carbons (Fsp3) is 0.333. The number of rotatable bonds is 5. The Morgan fingerprint density at radius 1 is 1.10 bits per heavy atom. The standard InChI is InChI=1S/C18H20FN/c1-13-11-16(9-10-17(13)19)18(20-12-14-7-8-14)15-5-3-2-4-6-15/h2-6,9-11,14,18,20H,7-8,12H2,1H3. The second-order valence-corrected chi connectivity index (χ2v) is 5.70. The minimum absolute atomic E-state index is 0.136. The van der Waals surface area contributed by atoms with Crippen molar-refractivity contribution in [3.8, 4) is 0 Å². The molecule has 0 saturated heterocycles. The summed E-state index contributed by atoms with van der Waals surface area (Å²) < 4.78 is 13.5. The van der Waals surface area contributed by atoms with Gasteiger partial charge in [0.2, 0.25) is 0 Å². The summed E-state index contributed by atoms with van der Waals surface area (Å²) in [6.45, 7) is 2.86. The van der Waals surface area contributed by atoms with E-state index >= 15 is 0 Å². The van der Waals surface area contributed by atoms with Crippen LogP contribution >= 0.6 is 0 Å². The molecule has 1 fully saturated rings. The second kappa shape index (κ2) is 5.76. The third-order valence-corrected chi connectivity index (χ3v) is 3.96. The van der Waals surface area contributed by atoms with E-state index in [1.165, 1.54) is 18.4 Å². The van der Waals surface area contributed by atoms with Crippen LogP contribution in [0.1, 0.15) is 35.6 Å². The van der Waals surface area contributed by atoms with Crippen LogP contribution in [0.3, 0.4) is 0 Å². The smallest absolute Gasteiger partial charge is 0.126 e. The molecule has 1 saturated carbocycles. The van der Waals surface area contributed by atoms with Crippen molar-refractivity contribution in [2.24, 2.45) is 5.92 Å². The van der Waals surface area contributed by atoms with Crippen molar-refractivity contribution in [3.63, 3.8) is 0 Å². The first kappa shape index (κ1) is 13.3. The van der Waals surface area contributed by atoms with Gasteiger partial charge < -0.3 is 5.32 Å². The monoisotopic (exact) mass is 269 g/mol. The number of hydrogen-bond donors (Lipinski definition) is 1. The minimum Gasteiger partial charge on any atom is -0.306 e. The van der Waals surface area contributed by atoms with Crippen LogP contribution < -0.4 is 5.32 Å². The van der Waals surface area contributed by atoms with Gasteiger partial charge in [-0.05, 0) is 55.0 Å². The van der Waals surface area contributed by atoms with Crippen molar-refractivity contribution in [2.45, 2.75) is 25.8 Å². The molecule has 1 unspecified atom stereocenters. The molecule has 2 aromatic carbocycles. The van der Waals surface area contributed by atoms with Gasteiger partial charge in [-0.3, -0.25) is 0 Å². The van der Waals surface area contributed by atoms with E-state index in [1.807, 2.05) is 25.1 Å². The molecule has 0 spiro atoms. The van der Waals surface area contributed by atoms with Crippen molar-refractivity contribution in [1.29, 1.82) is 0 Å². The molecule has 1 aliphatic rings. The Morgan fingerprint density at radius 2 is 1.85 bits per heavy atom. The minimum atomic E-state index is -0.136. The van der Waals surface area contributed by atoms with Crippen molar-refractivity contribution in [3.05, 3.63) is 71.0 Å². The van der Waals surface area contributed by atoms with E-state index in [1.54, 1.807) is 6.07 Å². The van der Waals surface area contributed by atoms with Gasteiger partial charge in [0.25, 0.3) is 0 Å². The molecule has 0 heterocycles. The lowest BCUT2D eigenvalue weighted by molar-refractivity contribution is 0.569. The molecule has 0 amide bonds. The topological polar surface area (TPSA) is 12.0 Å². The SMILES string of the molecule is Cc1cc(C(NCC2CC2)c2ccccc2)ccc1F. The van der Waals surface area contributed by atoms with Crippen molar-refractivity contribution in [1.82, 2.24) is 5.32 Å². The molecule has 1 N–H and O–H groups in total. The number of nitrogens with one attached hydrogen (secondary N) is 1. The maximum absolute atomic E-state index is 13.5. The summed E-state index contributed by atoms with van der Waals surface area (Å²) in [6, 6.07) is 15.9. The van der Waals surface area contributed by atoms with E-state index in [4.69, 9.17) is 0 Å². The van der Waals surface area contributed by atoms with E-state index in [2.05, 4.69) is 29.6 Å². The number of hydrogen-bond acceptors (Lipinski definition) is 1. The van der Waals surface area contributed by atoms with Gasteiger partial charge in [0.15, 0.2) is 0 Å². The number of halogens is 1. The average molecular weight is 269 g/mol. The molecule has 3 rings (SSSR count). The largest absolute Gasteiger partial charge is 0.306 e. The molecular formula is C18H20FN. The van der Waals surface area contributed by atoms with Crippen LogP contribution in [0.15, 0.2) is 48.5 Å². The molecule has 0 radical (unpaired) electrons. The number of benzene rings is 2. The summed E-state index contributed by atoms with van der Waals surface area (Å²) in [6.07, 6.45) is 2.66. The Kier molecular flexibility index (Phi) is 3.83. The van der Waals surface area contributed by atoms with Crippen LogP contribution in [0.25, 0.3) is 0 Å². The van der Waals surface area contributed by atoms with Gasteiger partial charge in [-0.2, -0.15) is 0 Å². The van der Waals surface area contributed by atoms with Gasteiger partial charge in [0, 0.05) is 0 Å². The van der Waals surface area contributed by atoms with Crippen molar-refractivity contribution < 1.29 is 4.39 Å². The molecule has 1 aliphatic carbocycles. The van der Waals surface area contributed by atoms with E-state index in [0.717, 1.165) is 18.0 Å². The van der Waals surface area contributed by atoms with Gasteiger partial charge in [-0.15, -0.1) is 0 Å². The molecule has 104 valence electrons. The van der Waals surface area contributed by atoms with Crippen molar-refractivity contribution >= 4 is 0 Å². The van der Waals surface area contributed by atoms with Crippen LogP contribution in [0, 0.1) is 18.7 Å². The molecule has 2 heteroatoms. The van der Waals surface area contributed by atoms with Gasteiger partial charge >= 0.3 is 0 Å². The highest BCUT2D eigenvalue weighted by Gasteiger charge is 2.23. The van der Waals surface area contributed by atoms with Gasteiger partial charge in [-0.25, -0.2) is 4.39 Å². The summed E-state index contributed by atoms with van der Waals surface area (Å²) in [7, 11) is 0. The molecular weight excluding hydrogens is 249 g/mol. The fourth-order valence-electron chi connectivity index (χ4n) is 2.53. The average Bonchev–Trinajstić information content (AvgIpc) is 3.28. The Balaban J connectivity index is 1.88. The Hall–Kier alpha value is -1.67. The maximum Gasteiger partial charge on any atom is 0.126 e. The molecule has 1 nitrogen and oxygen atoms in total. The maximum atomic E-state index is 13.5. The highest BCUT2D eigenvalue weighted by Crippen LogP contribution is 2.30. The third kappa shape index (κ3) is 3.07. The summed E-state index contributed by atoms with van der Waals surface area (Å²) >= 11 is 0. The first-order valence-corrected chi connectivity index (χ1v) is 7.28. The van der Waals surface area contributed by atoms with E-state index in [0.29, 0.717) is 5.56 Å². The van der Waals surface area contributed by atoms with Crippen LogP contribution in [-0.2, 0) is 0 Å². The van der Waals surface area contributed by atoms with E-state index < -0.39 is 0 Å². The predicted molar refractivity (Wildman–Crippen MR) is 80.1 cm³/mol. The van der Waals surface area contributed by atoms with E-state index in [9.17, 15) is 4.39 Å². The van der Waals surface area contributed by atoms with E-state index in [-0.39, 0.29) is 11.9 Å². The van der Waals surface area contributed by atoms with Crippen LogP contribution in [0.2, 0.25) is 0 Å². The third-order valence-electron chi connectivity index (χ3n) is 3.96. The zero-order valence-electron chi connectivity index (χ0n) is 11.8. The molecule has 0 bridgehead atoms. The quantitative estimate of drug-likeness (QED) is 0.856. The summed E-state index contributed by atoms with van der Waals surface area (Å²) in [5.41, 5.74) is 3.08. The second-order valence-electron chi connectivity index (χ2n) is 5.70. The summed E-state index contributed by atoms with van der Waals surface area (Å²) in [5.74, 6) is 0.686. The molecule has 0 aliphatic heterocycles.